The summed E-state index contributed by atoms with van der Waals surface area (Å²) in [6.07, 6.45) is 0.967. The van der Waals surface area contributed by atoms with Gasteiger partial charge in [-0.25, -0.2) is 5.48 Å². The Morgan fingerprint density at radius 2 is 1.72 bits per heavy atom. The number of carbonyl (C=O) groups is 3. The highest BCUT2D eigenvalue weighted by Gasteiger charge is 2.23. The first-order chi connectivity index (χ1) is 15.4. The fraction of sp³-hybridized carbons (Fsp3) is 0.348. The number of hydrogen-bond acceptors (Lipinski definition) is 6. The predicted molar refractivity (Wildman–Crippen MR) is 120 cm³/mol. The number of amides is 3. The van der Waals surface area contributed by atoms with Crippen LogP contribution in [0.1, 0.15) is 29.3 Å². The molecule has 9 heteroatoms. The van der Waals surface area contributed by atoms with E-state index in [0.29, 0.717) is 5.56 Å². The fourth-order valence-corrected chi connectivity index (χ4v) is 3.81. The summed E-state index contributed by atoms with van der Waals surface area (Å²) in [5, 5.41) is 14.2. The lowest BCUT2D eigenvalue weighted by Gasteiger charge is -2.16. The minimum atomic E-state index is -1.01. The molecule has 3 amide bonds. The van der Waals surface area contributed by atoms with Crippen molar-refractivity contribution in [3.63, 3.8) is 0 Å². The molecule has 1 aliphatic heterocycles. The number of benzene rings is 2. The topological polar surface area (TPSA) is 137 Å². The minimum Gasteiger partial charge on any atom is -0.352 e. The molecular formula is C23H29N5O4. The van der Waals surface area contributed by atoms with Gasteiger partial charge in [0, 0.05) is 44.7 Å². The smallest absolute Gasteiger partial charge is 0.267 e. The predicted octanol–water partition coefficient (Wildman–Crippen LogP) is 0.627. The first-order valence-electron chi connectivity index (χ1n) is 10.5. The van der Waals surface area contributed by atoms with E-state index in [2.05, 4.69) is 27.7 Å². The highest BCUT2D eigenvalue weighted by atomic mass is 16.5. The second-order valence-electron chi connectivity index (χ2n) is 7.93. The highest BCUT2D eigenvalue weighted by molar-refractivity contribution is 5.97. The van der Waals surface area contributed by atoms with Crippen LogP contribution in [0, 0.1) is 0 Å². The SMILES string of the molecule is CC(=O)N[C@H]1CCN(Cc2ccc(-c3ccc(C(=O)N[C@@H](CN)C(=O)NO)cc3)cc2)C1. The molecule has 3 rings (SSSR count). The molecule has 2 aromatic rings. The van der Waals surface area contributed by atoms with Crippen molar-refractivity contribution in [1.82, 2.24) is 21.0 Å². The van der Waals surface area contributed by atoms with Crippen LogP contribution in [0.15, 0.2) is 48.5 Å². The molecule has 0 aliphatic carbocycles. The number of nitrogens with one attached hydrogen (secondary N) is 3. The Balaban J connectivity index is 1.58. The number of likely N-dealkylation sites (tertiary alicyclic amines) is 1. The number of hydrogen-bond donors (Lipinski definition) is 5. The molecule has 1 heterocycles. The number of rotatable bonds is 8. The van der Waals surface area contributed by atoms with E-state index >= 15 is 0 Å². The summed E-state index contributed by atoms with van der Waals surface area (Å²) in [7, 11) is 0. The van der Waals surface area contributed by atoms with Crippen LogP contribution in [-0.4, -0.2) is 59.5 Å². The molecule has 1 saturated heterocycles. The third kappa shape index (κ3) is 6.13. The normalized spacial score (nSPS) is 16.9. The van der Waals surface area contributed by atoms with Crippen molar-refractivity contribution < 1.29 is 19.6 Å². The maximum Gasteiger partial charge on any atom is 0.267 e. The van der Waals surface area contributed by atoms with E-state index in [9.17, 15) is 14.4 Å². The Hall–Kier alpha value is -3.27. The van der Waals surface area contributed by atoms with Gasteiger partial charge in [-0.3, -0.25) is 24.5 Å². The zero-order chi connectivity index (χ0) is 23.1. The molecule has 6 N–H and O–H groups in total. The van der Waals surface area contributed by atoms with Crippen LogP contribution < -0.4 is 21.8 Å². The number of nitrogens with two attached hydrogens (primary N) is 1. The van der Waals surface area contributed by atoms with Crippen molar-refractivity contribution in [2.45, 2.75) is 32.0 Å². The van der Waals surface area contributed by atoms with Gasteiger partial charge in [-0.15, -0.1) is 0 Å². The Morgan fingerprint density at radius 1 is 1.09 bits per heavy atom. The van der Waals surface area contributed by atoms with E-state index in [-0.39, 0.29) is 18.5 Å². The summed E-state index contributed by atoms with van der Waals surface area (Å²) in [5.41, 5.74) is 10.5. The molecule has 2 aromatic carbocycles. The lowest BCUT2D eigenvalue weighted by Crippen LogP contribution is -2.50. The Kier molecular flexibility index (Phi) is 7.93. The van der Waals surface area contributed by atoms with Gasteiger partial charge in [-0.05, 0) is 35.2 Å². The van der Waals surface area contributed by atoms with Gasteiger partial charge in [0.05, 0.1) is 0 Å². The van der Waals surface area contributed by atoms with Crippen LogP contribution in [-0.2, 0) is 16.1 Å². The fourth-order valence-electron chi connectivity index (χ4n) is 3.81. The molecule has 170 valence electrons. The third-order valence-corrected chi connectivity index (χ3v) is 5.49. The second-order valence-corrected chi connectivity index (χ2v) is 7.93. The standard InChI is InChI=1S/C23H29N5O4/c1-15(29)25-20-10-11-28(14-20)13-16-2-4-17(5-3-16)18-6-8-19(9-7-18)22(30)26-21(12-24)23(31)27-32/h2-9,20-21,32H,10-14,24H2,1H3,(H,25,29)(H,26,30)(H,27,31)/t20-,21-/m0/s1. The van der Waals surface area contributed by atoms with Crippen molar-refractivity contribution in [2.75, 3.05) is 19.6 Å². The third-order valence-electron chi connectivity index (χ3n) is 5.49. The van der Waals surface area contributed by atoms with Gasteiger partial charge in [-0.1, -0.05) is 36.4 Å². The number of hydroxylamine groups is 1. The summed E-state index contributed by atoms with van der Waals surface area (Å²) >= 11 is 0. The summed E-state index contributed by atoms with van der Waals surface area (Å²) in [6, 6.07) is 14.5. The second kappa shape index (κ2) is 10.9. The minimum absolute atomic E-state index is 0.0135. The zero-order valence-electron chi connectivity index (χ0n) is 18.0. The van der Waals surface area contributed by atoms with Crippen molar-refractivity contribution in [1.29, 1.82) is 0 Å². The van der Waals surface area contributed by atoms with Crippen LogP contribution in [0.5, 0.6) is 0 Å². The van der Waals surface area contributed by atoms with E-state index in [1.54, 1.807) is 19.1 Å². The van der Waals surface area contributed by atoms with Gasteiger partial charge in [0.2, 0.25) is 5.91 Å². The van der Waals surface area contributed by atoms with Crippen LogP contribution in [0.3, 0.4) is 0 Å². The average Bonchev–Trinajstić information content (AvgIpc) is 3.23. The highest BCUT2D eigenvalue weighted by Crippen LogP contribution is 2.22. The van der Waals surface area contributed by atoms with Crippen molar-refractivity contribution in [2.24, 2.45) is 5.73 Å². The molecule has 2 atom stereocenters. The van der Waals surface area contributed by atoms with Gasteiger partial charge < -0.3 is 16.4 Å². The molecule has 0 unspecified atom stereocenters. The Bertz CT molecular complexity index is 946. The molecule has 0 spiro atoms. The monoisotopic (exact) mass is 439 g/mol. The number of nitrogens with zero attached hydrogens (tertiary/aromatic N) is 1. The van der Waals surface area contributed by atoms with Crippen molar-refractivity contribution in [3.8, 4) is 11.1 Å². The average molecular weight is 440 g/mol. The van der Waals surface area contributed by atoms with Crippen molar-refractivity contribution in [3.05, 3.63) is 59.7 Å². The summed E-state index contributed by atoms with van der Waals surface area (Å²) in [6.45, 7) is 4.07. The van der Waals surface area contributed by atoms with Gasteiger partial charge in [0.15, 0.2) is 0 Å². The largest absolute Gasteiger partial charge is 0.352 e. The van der Waals surface area contributed by atoms with E-state index < -0.39 is 17.9 Å². The van der Waals surface area contributed by atoms with Gasteiger partial charge in [-0.2, -0.15) is 0 Å². The van der Waals surface area contributed by atoms with Crippen LogP contribution in [0.25, 0.3) is 11.1 Å². The molecule has 0 saturated carbocycles. The first kappa shape index (κ1) is 23.4. The van der Waals surface area contributed by atoms with E-state index in [1.165, 1.54) is 11.0 Å². The van der Waals surface area contributed by atoms with Gasteiger partial charge >= 0.3 is 0 Å². The zero-order valence-corrected chi connectivity index (χ0v) is 18.0. The molecule has 0 bridgehead atoms. The maximum atomic E-state index is 12.3. The molecule has 32 heavy (non-hydrogen) atoms. The van der Waals surface area contributed by atoms with E-state index in [4.69, 9.17) is 10.9 Å². The van der Waals surface area contributed by atoms with E-state index in [1.807, 2.05) is 24.3 Å². The molecule has 1 fully saturated rings. The molecule has 0 radical (unpaired) electrons. The summed E-state index contributed by atoms with van der Waals surface area (Å²) < 4.78 is 0. The van der Waals surface area contributed by atoms with Crippen LogP contribution >= 0.6 is 0 Å². The van der Waals surface area contributed by atoms with Crippen molar-refractivity contribution >= 4 is 17.7 Å². The van der Waals surface area contributed by atoms with Gasteiger partial charge in [0.1, 0.15) is 6.04 Å². The van der Waals surface area contributed by atoms with Gasteiger partial charge in [0.25, 0.3) is 11.8 Å². The lowest BCUT2D eigenvalue weighted by atomic mass is 10.0. The molecular weight excluding hydrogens is 410 g/mol. The quantitative estimate of drug-likeness (QED) is 0.302. The molecule has 9 nitrogen and oxygen atoms in total. The van der Waals surface area contributed by atoms with Crippen LogP contribution in [0.2, 0.25) is 0 Å². The summed E-state index contributed by atoms with van der Waals surface area (Å²) in [4.78, 5) is 37.3. The Labute approximate surface area is 186 Å². The first-order valence-corrected chi connectivity index (χ1v) is 10.5. The summed E-state index contributed by atoms with van der Waals surface area (Å²) in [5.74, 6) is -1.20. The van der Waals surface area contributed by atoms with Crippen LogP contribution in [0.4, 0.5) is 0 Å². The Morgan fingerprint density at radius 3 is 2.28 bits per heavy atom. The molecule has 1 aliphatic rings. The molecule has 0 aromatic heterocycles. The maximum absolute atomic E-state index is 12.3. The lowest BCUT2D eigenvalue weighted by molar-refractivity contribution is -0.130. The number of carbonyl (C=O) groups excluding carboxylic acids is 3. The van der Waals surface area contributed by atoms with E-state index in [0.717, 1.165) is 37.2 Å².